The number of oxazole rings is 1. The van der Waals surface area contributed by atoms with Crippen LogP contribution in [0, 0.1) is 6.92 Å². The minimum Gasteiger partial charge on any atom is -0.423 e. The Morgan fingerprint density at radius 2 is 2.14 bits per heavy atom. The highest BCUT2D eigenvalue weighted by Gasteiger charge is 2.15. The molecule has 0 saturated carbocycles. The highest BCUT2D eigenvalue weighted by atomic mass is 32.1. The molecule has 1 fully saturated rings. The summed E-state index contributed by atoms with van der Waals surface area (Å²) in [6.07, 6.45) is 1.88. The van der Waals surface area contributed by atoms with Gasteiger partial charge in [0.25, 0.3) is 0 Å². The predicted molar refractivity (Wildman–Crippen MR) is 87.2 cm³/mol. The summed E-state index contributed by atoms with van der Waals surface area (Å²) < 4.78 is 11.1. The maximum Gasteiger partial charge on any atom is 0.302 e. The van der Waals surface area contributed by atoms with Crippen LogP contribution in [0.3, 0.4) is 0 Å². The number of nitrogens with zero attached hydrogens (tertiary/aromatic N) is 3. The fourth-order valence-electron chi connectivity index (χ4n) is 2.43. The Bertz CT molecular complexity index is 792. The molecule has 1 aliphatic rings. The second-order valence-corrected chi connectivity index (χ2v) is 6.23. The smallest absolute Gasteiger partial charge is 0.302 e. The quantitative estimate of drug-likeness (QED) is 0.801. The predicted octanol–water partition coefficient (Wildman–Crippen LogP) is 3.17. The Kier molecular flexibility index (Phi) is 3.44. The highest BCUT2D eigenvalue weighted by Crippen LogP contribution is 2.30. The molecule has 1 aromatic carbocycles. The Morgan fingerprint density at radius 3 is 3.00 bits per heavy atom. The Hall–Kier alpha value is -2.12. The lowest BCUT2D eigenvalue weighted by Gasteiger charge is -2.26. The number of nitrogens with one attached hydrogen (secondary N) is 1. The average Bonchev–Trinajstić information content (AvgIpc) is 3.14. The number of ether oxygens (including phenoxy) is 1. The van der Waals surface area contributed by atoms with Gasteiger partial charge in [-0.2, -0.15) is 4.98 Å². The molecule has 3 heterocycles. The second kappa shape index (κ2) is 5.58. The number of fused-ring (bicyclic) bond motifs is 1. The standard InChI is InChI=1S/C15H16N4O2S/c1-10-2-3-11-12(8-10)21-14(17-11)18-15-16-9-13(22-15)19-4-6-20-7-5-19/h2-3,8-9H,4-7H2,1H3,(H,16,17,18). The number of morpholine rings is 1. The molecule has 0 spiro atoms. The fraction of sp³-hybridized carbons (Fsp3) is 0.333. The van der Waals surface area contributed by atoms with Gasteiger partial charge in [0.05, 0.1) is 19.4 Å². The highest BCUT2D eigenvalue weighted by molar-refractivity contribution is 7.19. The van der Waals surface area contributed by atoms with Gasteiger partial charge in [0.15, 0.2) is 10.7 Å². The Balaban J connectivity index is 1.53. The van der Waals surface area contributed by atoms with E-state index in [1.54, 1.807) is 11.3 Å². The molecule has 1 aliphatic heterocycles. The summed E-state index contributed by atoms with van der Waals surface area (Å²) in [5.41, 5.74) is 2.78. The first kappa shape index (κ1) is 13.5. The molecule has 7 heteroatoms. The lowest BCUT2D eigenvalue weighted by molar-refractivity contribution is 0.123. The van der Waals surface area contributed by atoms with Gasteiger partial charge in [0.1, 0.15) is 10.5 Å². The van der Waals surface area contributed by atoms with E-state index < -0.39 is 0 Å². The van der Waals surface area contributed by atoms with Crippen molar-refractivity contribution >= 4 is 38.6 Å². The van der Waals surface area contributed by atoms with Crippen molar-refractivity contribution in [3.8, 4) is 0 Å². The molecule has 3 aromatic rings. The largest absolute Gasteiger partial charge is 0.423 e. The molecule has 4 rings (SSSR count). The summed E-state index contributed by atoms with van der Waals surface area (Å²) in [5, 5.41) is 5.06. The lowest BCUT2D eigenvalue weighted by Crippen LogP contribution is -2.35. The van der Waals surface area contributed by atoms with Gasteiger partial charge in [-0.3, -0.25) is 5.32 Å². The first-order valence-corrected chi connectivity index (χ1v) is 8.02. The molecule has 1 saturated heterocycles. The molecule has 1 N–H and O–H groups in total. The van der Waals surface area contributed by atoms with Crippen LogP contribution in [0.5, 0.6) is 0 Å². The maximum absolute atomic E-state index is 5.72. The lowest BCUT2D eigenvalue weighted by atomic mass is 10.2. The number of hydrogen-bond acceptors (Lipinski definition) is 7. The third-order valence-corrected chi connectivity index (χ3v) is 4.55. The molecule has 114 valence electrons. The zero-order valence-electron chi connectivity index (χ0n) is 12.2. The summed E-state index contributed by atoms with van der Waals surface area (Å²) in [7, 11) is 0. The van der Waals surface area contributed by atoms with E-state index in [-0.39, 0.29) is 0 Å². The molecule has 0 bridgehead atoms. The van der Waals surface area contributed by atoms with Gasteiger partial charge in [-0.1, -0.05) is 17.4 Å². The molecule has 0 amide bonds. The summed E-state index contributed by atoms with van der Waals surface area (Å²) in [5.74, 6) is 0. The van der Waals surface area contributed by atoms with Crippen molar-refractivity contribution in [2.75, 3.05) is 36.5 Å². The van der Waals surface area contributed by atoms with E-state index >= 15 is 0 Å². The molecular weight excluding hydrogens is 300 g/mol. The van der Waals surface area contributed by atoms with E-state index in [9.17, 15) is 0 Å². The number of anilines is 3. The molecule has 0 aliphatic carbocycles. The number of aromatic nitrogens is 2. The van der Waals surface area contributed by atoms with Gasteiger partial charge in [-0.15, -0.1) is 0 Å². The van der Waals surface area contributed by atoms with Crippen molar-refractivity contribution in [2.24, 2.45) is 0 Å². The normalized spacial score (nSPS) is 15.4. The van der Waals surface area contributed by atoms with Crippen molar-refractivity contribution in [3.05, 3.63) is 30.0 Å². The average molecular weight is 316 g/mol. The topological polar surface area (TPSA) is 63.4 Å². The van der Waals surface area contributed by atoms with Crippen LogP contribution in [-0.2, 0) is 4.74 Å². The summed E-state index contributed by atoms with van der Waals surface area (Å²) in [6.45, 7) is 5.38. The van der Waals surface area contributed by atoms with Crippen LogP contribution < -0.4 is 10.2 Å². The van der Waals surface area contributed by atoms with Crippen molar-refractivity contribution in [1.82, 2.24) is 9.97 Å². The van der Waals surface area contributed by atoms with Crippen molar-refractivity contribution in [3.63, 3.8) is 0 Å². The van der Waals surface area contributed by atoms with Crippen LogP contribution in [0.4, 0.5) is 16.1 Å². The fourth-order valence-corrected chi connectivity index (χ4v) is 3.29. The van der Waals surface area contributed by atoms with Crippen molar-refractivity contribution in [2.45, 2.75) is 6.92 Å². The van der Waals surface area contributed by atoms with Crippen LogP contribution in [0.15, 0.2) is 28.8 Å². The Labute approximate surface area is 131 Å². The summed E-state index contributed by atoms with van der Waals surface area (Å²) in [4.78, 5) is 11.1. The zero-order valence-corrected chi connectivity index (χ0v) is 13.0. The van der Waals surface area contributed by atoms with E-state index in [2.05, 4.69) is 20.2 Å². The number of thiazole rings is 1. The van der Waals surface area contributed by atoms with Gasteiger partial charge in [-0.25, -0.2) is 4.98 Å². The van der Waals surface area contributed by atoms with Gasteiger partial charge in [-0.05, 0) is 24.6 Å². The van der Waals surface area contributed by atoms with Gasteiger partial charge in [0.2, 0.25) is 0 Å². The number of aryl methyl sites for hydroxylation is 1. The third-order valence-electron chi connectivity index (χ3n) is 3.57. The van der Waals surface area contributed by atoms with Gasteiger partial charge < -0.3 is 14.1 Å². The third kappa shape index (κ3) is 2.65. The van der Waals surface area contributed by atoms with Crippen LogP contribution >= 0.6 is 11.3 Å². The van der Waals surface area contributed by atoms with E-state index in [1.165, 1.54) is 0 Å². The minimum absolute atomic E-state index is 0.475. The van der Waals surface area contributed by atoms with Crippen LogP contribution in [-0.4, -0.2) is 36.3 Å². The first-order valence-electron chi connectivity index (χ1n) is 7.21. The number of benzene rings is 1. The minimum atomic E-state index is 0.475. The molecular formula is C15H16N4O2S. The van der Waals surface area contributed by atoms with Crippen LogP contribution in [0.1, 0.15) is 5.56 Å². The SMILES string of the molecule is Cc1ccc2nc(Nc3ncc(N4CCOCC4)s3)oc2c1. The summed E-state index contributed by atoms with van der Waals surface area (Å²) >= 11 is 1.60. The van der Waals surface area contributed by atoms with Crippen molar-refractivity contribution in [1.29, 1.82) is 0 Å². The maximum atomic E-state index is 5.72. The Morgan fingerprint density at radius 1 is 1.27 bits per heavy atom. The van der Waals surface area contributed by atoms with E-state index in [0.717, 1.165) is 53.1 Å². The number of rotatable bonds is 3. The number of hydrogen-bond donors (Lipinski definition) is 1. The summed E-state index contributed by atoms with van der Waals surface area (Å²) in [6, 6.07) is 6.44. The monoisotopic (exact) mass is 316 g/mol. The van der Waals surface area contributed by atoms with E-state index in [0.29, 0.717) is 6.01 Å². The van der Waals surface area contributed by atoms with Crippen LogP contribution in [0.2, 0.25) is 0 Å². The van der Waals surface area contributed by atoms with E-state index in [1.807, 2.05) is 31.3 Å². The molecule has 2 aromatic heterocycles. The van der Waals surface area contributed by atoms with E-state index in [4.69, 9.17) is 9.15 Å². The molecule has 22 heavy (non-hydrogen) atoms. The molecule has 6 nitrogen and oxygen atoms in total. The van der Waals surface area contributed by atoms with Gasteiger partial charge >= 0.3 is 6.01 Å². The van der Waals surface area contributed by atoms with Crippen LogP contribution in [0.25, 0.3) is 11.1 Å². The second-order valence-electron chi connectivity index (χ2n) is 5.22. The molecule has 0 radical (unpaired) electrons. The van der Waals surface area contributed by atoms with Gasteiger partial charge in [0, 0.05) is 13.1 Å². The molecule has 0 atom stereocenters. The first-order chi connectivity index (χ1) is 10.8. The zero-order chi connectivity index (χ0) is 14.9. The van der Waals surface area contributed by atoms with Crippen molar-refractivity contribution < 1.29 is 9.15 Å². The molecule has 0 unspecified atom stereocenters.